The van der Waals surface area contributed by atoms with E-state index in [4.69, 9.17) is 0 Å². The van der Waals surface area contributed by atoms with E-state index in [2.05, 4.69) is 10.2 Å². The van der Waals surface area contributed by atoms with Crippen molar-refractivity contribution in [2.24, 2.45) is 0 Å². The first-order valence-electron chi connectivity index (χ1n) is 5.78. The maximum absolute atomic E-state index is 12.3. The number of halogens is 3. The van der Waals surface area contributed by atoms with Crippen LogP contribution in [-0.4, -0.2) is 35.9 Å². The molecule has 1 unspecified atom stereocenters. The molecule has 8 heteroatoms. The highest BCUT2D eigenvalue weighted by Gasteiger charge is 2.50. The van der Waals surface area contributed by atoms with Crippen molar-refractivity contribution in [3.63, 3.8) is 0 Å². The van der Waals surface area contributed by atoms with Crippen LogP contribution in [-0.2, 0) is 21.0 Å². The summed E-state index contributed by atoms with van der Waals surface area (Å²) in [5.74, 6) is -2.76. The molecular formula is C12H12F3N2O3+. The van der Waals surface area contributed by atoms with Crippen molar-refractivity contribution < 1.29 is 32.2 Å². The van der Waals surface area contributed by atoms with E-state index in [9.17, 15) is 22.8 Å². The van der Waals surface area contributed by atoms with Crippen molar-refractivity contribution in [3.05, 3.63) is 35.9 Å². The summed E-state index contributed by atoms with van der Waals surface area (Å²) in [6, 6.07) is 8.54. The van der Waals surface area contributed by atoms with Crippen LogP contribution < -0.4 is 5.32 Å². The number of benzene rings is 1. The Kier molecular flexibility index (Phi) is 3.67. The number of hydroxylamine groups is 3. The first-order valence-corrected chi connectivity index (χ1v) is 5.78. The fourth-order valence-electron chi connectivity index (χ4n) is 1.96. The number of nitrogens with zero attached hydrogens (tertiary/aromatic N) is 1. The van der Waals surface area contributed by atoms with Crippen LogP contribution in [0.5, 0.6) is 0 Å². The minimum Gasteiger partial charge on any atom is -0.301 e. The molecule has 0 saturated carbocycles. The average Bonchev–Trinajstić information content (AvgIpc) is 2.70. The Bertz CT molecular complexity index is 518. The summed E-state index contributed by atoms with van der Waals surface area (Å²) in [5.41, 5.74) is 0.666. The Labute approximate surface area is 112 Å². The molecule has 5 nitrogen and oxygen atoms in total. The van der Waals surface area contributed by atoms with Crippen molar-refractivity contribution >= 4 is 11.9 Å². The lowest BCUT2D eigenvalue weighted by Gasteiger charge is -2.28. The SMILES string of the molecule is O=C1C[N+](Cc2ccccc2)(OC(=O)C(F)(F)F)CN1. The zero-order valence-electron chi connectivity index (χ0n) is 10.3. The van der Waals surface area contributed by atoms with E-state index in [1.807, 2.05) is 0 Å². The highest BCUT2D eigenvalue weighted by molar-refractivity contribution is 5.79. The van der Waals surface area contributed by atoms with Gasteiger partial charge in [-0.05, 0) is 0 Å². The van der Waals surface area contributed by atoms with Crippen molar-refractivity contribution in [2.45, 2.75) is 12.7 Å². The number of alkyl halides is 3. The van der Waals surface area contributed by atoms with Crippen LogP contribution in [0.25, 0.3) is 0 Å². The minimum atomic E-state index is -5.09. The fraction of sp³-hybridized carbons (Fsp3) is 0.333. The maximum Gasteiger partial charge on any atom is 0.497 e. The summed E-state index contributed by atoms with van der Waals surface area (Å²) in [4.78, 5) is 26.8. The summed E-state index contributed by atoms with van der Waals surface area (Å²) in [7, 11) is 0. The predicted molar refractivity (Wildman–Crippen MR) is 60.4 cm³/mol. The normalized spacial score (nSPS) is 22.4. The van der Waals surface area contributed by atoms with Gasteiger partial charge in [-0.25, -0.2) is 4.79 Å². The summed E-state index contributed by atoms with van der Waals surface area (Å²) in [5, 5.41) is 2.38. The van der Waals surface area contributed by atoms with Crippen LogP contribution in [0.4, 0.5) is 13.2 Å². The molecule has 0 radical (unpaired) electrons. The zero-order chi connectivity index (χ0) is 14.8. The monoisotopic (exact) mass is 289 g/mol. The summed E-state index contributed by atoms with van der Waals surface area (Å²) >= 11 is 0. The van der Waals surface area contributed by atoms with Gasteiger partial charge >= 0.3 is 12.1 Å². The van der Waals surface area contributed by atoms with E-state index < -0.39 is 22.7 Å². The van der Waals surface area contributed by atoms with Gasteiger partial charge in [0, 0.05) is 5.56 Å². The molecule has 108 valence electrons. The van der Waals surface area contributed by atoms with Gasteiger partial charge in [-0.2, -0.15) is 13.2 Å². The molecule has 2 rings (SSSR count). The summed E-state index contributed by atoms with van der Waals surface area (Å²) in [6.07, 6.45) is -5.09. The molecule has 1 N–H and O–H groups in total. The topological polar surface area (TPSA) is 55.4 Å². The van der Waals surface area contributed by atoms with Gasteiger partial charge in [0.15, 0.2) is 13.2 Å². The third-order valence-electron chi connectivity index (χ3n) is 2.82. The van der Waals surface area contributed by atoms with E-state index in [1.54, 1.807) is 30.3 Å². The number of hydrogen-bond donors (Lipinski definition) is 1. The third-order valence-corrected chi connectivity index (χ3v) is 2.82. The van der Waals surface area contributed by atoms with Gasteiger partial charge < -0.3 is 5.32 Å². The Balaban J connectivity index is 2.19. The number of amides is 1. The number of quaternary nitrogens is 1. The lowest BCUT2D eigenvalue weighted by Crippen LogP contribution is -2.50. The molecule has 1 aliphatic rings. The van der Waals surface area contributed by atoms with Gasteiger partial charge in [0.25, 0.3) is 5.91 Å². The Morgan fingerprint density at radius 1 is 1.30 bits per heavy atom. The van der Waals surface area contributed by atoms with Crippen LogP contribution in [0.3, 0.4) is 0 Å². The van der Waals surface area contributed by atoms with E-state index in [0.717, 1.165) is 0 Å². The second-order valence-corrected chi connectivity index (χ2v) is 4.49. The first kappa shape index (κ1) is 14.3. The Hall–Kier alpha value is -2.09. The molecule has 1 aliphatic heterocycles. The van der Waals surface area contributed by atoms with Crippen LogP contribution in [0.15, 0.2) is 30.3 Å². The number of carbonyl (C=O) groups is 2. The van der Waals surface area contributed by atoms with Crippen LogP contribution in [0, 0.1) is 0 Å². The van der Waals surface area contributed by atoms with Gasteiger partial charge in [-0.15, -0.1) is 4.65 Å². The smallest absolute Gasteiger partial charge is 0.301 e. The first-order chi connectivity index (χ1) is 9.31. The third kappa shape index (κ3) is 3.27. The largest absolute Gasteiger partial charge is 0.497 e. The van der Waals surface area contributed by atoms with E-state index in [1.165, 1.54) is 0 Å². The van der Waals surface area contributed by atoms with Crippen LogP contribution in [0.2, 0.25) is 0 Å². The predicted octanol–water partition coefficient (Wildman–Crippen LogP) is 1.11. The quantitative estimate of drug-likeness (QED) is 0.848. The number of hydrogen-bond acceptors (Lipinski definition) is 3. The maximum atomic E-state index is 12.3. The second-order valence-electron chi connectivity index (χ2n) is 4.49. The van der Waals surface area contributed by atoms with Crippen molar-refractivity contribution in [1.29, 1.82) is 0 Å². The molecule has 1 fully saturated rings. The summed E-state index contributed by atoms with van der Waals surface area (Å²) < 4.78 is 36.2. The fourth-order valence-corrected chi connectivity index (χ4v) is 1.96. The van der Waals surface area contributed by atoms with Gasteiger partial charge in [-0.3, -0.25) is 9.63 Å². The lowest BCUT2D eigenvalue weighted by molar-refractivity contribution is -1.09. The van der Waals surface area contributed by atoms with Gasteiger partial charge in [0.2, 0.25) is 0 Å². The molecule has 0 spiro atoms. The van der Waals surface area contributed by atoms with Crippen molar-refractivity contribution in [3.8, 4) is 0 Å². The molecule has 0 aliphatic carbocycles. The van der Waals surface area contributed by atoms with Crippen LogP contribution in [0.1, 0.15) is 5.56 Å². The summed E-state index contributed by atoms with van der Waals surface area (Å²) in [6.45, 7) is -0.534. The highest BCUT2D eigenvalue weighted by Crippen LogP contribution is 2.24. The van der Waals surface area contributed by atoms with E-state index in [-0.39, 0.29) is 19.8 Å². The zero-order valence-corrected chi connectivity index (χ0v) is 10.3. The molecular weight excluding hydrogens is 277 g/mol. The molecule has 1 aromatic carbocycles. The minimum absolute atomic E-state index is 0.0125. The number of rotatable bonds is 3. The van der Waals surface area contributed by atoms with Crippen molar-refractivity contribution in [2.75, 3.05) is 13.2 Å². The Morgan fingerprint density at radius 3 is 2.45 bits per heavy atom. The van der Waals surface area contributed by atoms with E-state index in [0.29, 0.717) is 5.56 Å². The van der Waals surface area contributed by atoms with Gasteiger partial charge in [-0.1, -0.05) is 30.3 Å². The molecule has 20 heavy (non-hydrogen) atoms. The molecule has 1 aromatic rings. The van der Waals surface area contributed by atoms with Gasteiger partial charge in [0.1, 0.15) is 6.54 Å². The molecule has 1 saturated heterocycles. The van der Waals surface area contributed by atoms with Crippen molar-refractivity contribution in [1.82, 2.24) is 5.32 Å². The van der Waals surface area contributed by atoms with E-state index >= 15 is 0 Å². The second kappa shape index (κ2) is 5.12. The molecule has 0 aromatic heterocycles. The standard InChI is InChI=1S/C12H11F3N2O3/c13-12(14,15)11(19)20-17(7-10(18)16-8-17)6-9-4-2-1-3-5-9/h1-5H,6-8H2/p+1. The molecule has 1 atom stereocenters. The molecule has 1 amide bonds. The molecule has 0 bridgehead atoms. The highest BCUT2D eigenvalue weighted by atomic mass is 19.4. The van der Waals surface area contributed by atoms with Gasteiger partial charge in [0.05, 0.1) is 0 Å². The number of nitrogens with one attached hydrogen (secondary N) is 1. The molecule has 1 heterocycles. The average molecular weight is 289 g/mol. The Morgan fingerprint density at radius 2 is 1.95 bits per heavy atom. The van der Waals surface area contributed by atoms with Crippen LogP contribution >= 0.6 is 0 Å². The number of carbonyl (C=O) groups excluding carboxylic acids is 2. The lowest BCUT2D eigenvalue weighted by atomic mass is 10.2.